The number of aromatic amines is 1. The summed E-state index contributed by atoms with van der Waals surface area (Å²) in [5, 5.41) is 20.2. The minimum absolute atomic E-state index is 0.0760. The van der Waals surface area contributed by atoms with E-state index in [1.165, 1.54) is 11.3 Å². The highest BCUT2D eigenvalue weighted by Crippen LogP contribution is 2.23. The van der Waals surface area contributed by atoms with Gasteiger partial charge >= 0.3 is 0 Å². The second-order valence-electron chi connectivity index (χ2n) is 5.65. The van der Waals surface area contributed by atoms with E-state index < -0.39 is 0 Å². The molecule has 0 aliphatic heterocycles. The van der Waals surface area contributed by atoms with Gasteiger partial charge in [-0.3, -0.25) is 5.10 Å². The predicted molar refractivity (Wildman–Crippen MR) is 78.0 cm³/mol. The van der Waals surface area contributed by atoms with Crippen LogP contribution in [0.3, 0.4) is 0 Å². The summed E-state index contributed by atoms with van der Waals surface area (Å²) >= 11 is 1.69. The highest BCUT2D eigenvalue weighted by Gasteiger charge is 2.21. The van der Waals surface area contributed by atoms with E-state index in [0.29, 0.717) is 0 Å². The van der Waals surface area contributed by atoms with Crippen LogP contribution in [0.5, 0.6) is 0 Å². The average Bonchev–Trinajstić information content (AvgIpc) is 2.75. The molecule has 18 heavy (non-hydrogen) atoms. The average molecular weight is 271 g/mol. The lowest BCUT2D eigenvalue weighted by atomic mass is 9.89. The first-order valence-electron chi connectivity index (χ1n) is 6.30. The first kappa shape index (κ1) is 15.5. The molecule has 104 valence electrons. The smallest absolute Gasteiger partial charge is 0.0564 e. The summed E-state index contributed by atoms with van der Waals surface area (Å²) in [6, 6.07) is 0.271. The molecule has 5 heteroatoms. The molecule has 3 N–H and O–H groups in total. The molecule has 0 aliphatic carbocycles. The molecular weight excluding hydrogens is 246 g/mol. The molecule has 0 saturated carbocycles. The van der Waals surface area contributed by atoms with Gasteiger partial charge in [-0.25, -0.2) is 0 Å². The number of aromatic nitrogens is 2. The maximum atomic E-state index is 9.26. The molecule has 0 aliphatic rings. The first-order valence-corrected chi connectivity index (χ1v) is 7.58. The summed E-state index contributed by atoms with van der Waals surface area (Å²) in [6.45, 7) is 9.60. The zero-order chi connectivity index (χ0) is 13.8. The third-order valence-corrected chi connectivity index (χ3v) is 4.29. The number of H-pyrrole nitrogens is 1. The normalized spacial score (nSPS) is 15.7. The van der Waals surface area contributed by atoms with Gasteiger partial charge in [-0.15, -0.1) is 0 Å². The molecule has 0 aromatic carbocycles. The van der Waals surface area contributed by atoms with Gasteiger partial charge in [0.25, 0.3) is 0 Å². The number of aliphatic hydroxyl groups is 1. The van der Waals surface area contributed by atoms with Crippen molar-refractivity contribution in [2.75, 3.05) is 12.9 Å². The molecular formula is C13H25N3OS. The fraction of sp³-hybridized carbons (Fsp3) is 0.769. The zero-order valence-corrected chi connectivity index (χ0v) is 12.8. The van der Waals surface area contributed by atoms with Crippen LogP contribution in [-0.2, 0) is 12.0 Å². The molecule has 1 aromatic heterocycles. The van der Waals surface area contributed by atoms with Crippen LogP contribution in [0.1, 0.15) is 39.0 Å². The Morgan fingerprint density at radius 2 is 2.17 bits per heavy atom. The van der Waals surface area contributed by atoms with Crippen molar-refractivity contribution >= 4 is 11.8 Å². The molecule has 0 fully saturated rings. The van der Waals surface area contributed by atoms with Crippen LogP contribution in [0.15, 0.2) is 6.20 Å². The number of thioether (sulfide) groups is 1. The summed E-state index contributed by atoms with van der Waals surface area (Å²) in [6.07, 6.45) is 3.91. The van der Waals surface area contributed by atoms with Crippen molar-refractivity contribution in [1.82, 2.24) is 15.5 Å². The Balaban J connectivity index is 2.62. The van der Waals surface area contributed by atoms with Gasteiger partial charge in [0.2, 0.25) is 0 Å². The molecule has 0 amide bonds. The Kier molecular flexibility index (Phi) is 5.69. The van der Waals surface area contributed by atoms with Gasteiger partial charge in [-0.2, -0.15) is 16.9 Å². The van der Waals surface area contributed by atoms with E-state index in [4.69, 9.17) is 0 Å². The third kappa shape index (κ3) is 4.00. The lowest BCUT2D eigenvalue weighted by Crippen LogP contribution is -2.37. The van der Waals surface area contributed by atoms with Crippen molar-refractivity contribution in [2.24, 2.45) is 0 Å². The number of hydrogen-bond donors (Lipinski definition) is 3. The fourth-order valence-electron chi connectivity index (χ4n) is 1.93. The standard InChI is InChI=1S/C13H25N3OS/c1-9(11(8-17)18-5)14-6-10-7-15-16-12(10)13(2,3)4/h7,9,11,14,17H,6,8H2,1-5H3,(H,15,16). The van der Waals surface area contributed by atoms with Crippen LogP contribution < -0.4 is 5.32 Å². The number of nitrogens with one attached hydrogen (secondary N) is 2. The fourth-order valence-corrected chi connectivity index (χ4v) is 2.59. The summed E-state index contributed by atoms with van der Waals surface area (Å²) in [5.41, 5.74) is 2.45. The van der Waals surface area contributed by atoms with Crippen LogP contribution in [0.4, 0.5) is 0 Å². The van der Waals surface area contributed by atoms with E-state index in [0.717, 1.165) is 6.54 Å². The van der Waals surface area contributed by atoms with E-state index in [1.807, 2.05) is 12.5 Å². The van der Waals surface area contributed by atoms with Gasteiger partial charge in [0.15, 0.2) is 0 Å². The quantitative estimate of drug-likeness (QED) is 0.739. The topological polar surface area (TPSA) is 60.9 Å². The van der Waals surface area contributed by atoms with Crippen molar-refractivity contribution in [2.45, 2.75) is 50.9 Å². The van der Waals surface area contributed by atoms with Gasteiger partial charge in [0.1, 0.15) is 0 Å². The van der Waals surface area contributed by atoms with Crippen molar-refractivity contribution < 1.29 is 5.11 Å². The zero-order valence-electron chi connectivity index (χ0n) is 11.9. The highest BCUT2D eigenvalue weighted by molar-refractivity contribution is 7.99. The van der Waals surface area contributed by atoms with Crippen LogP contribution in [0, 0.1) is 0 Å². The van der Waals surface area contributed by atoms with Gasteiger partial charge in [0, 0.05) is 34.5 Å². The molecule has 2 atom stereocenters. The number of rotatable bonds is 6. The minimum Gasteiger partial charge on any atom is -0.395 e. The SMILES string of the molecule is CSC(CO)C(C)NCc1cn[nH]c1C(C)(C)C. The summed E-state index contributed by atoms with van der Waals surface area (Å²) in [7, 11) is 0. The highest BCUT2D eigenvalue weighted by atomic mass is 32.2. The van der Waals surface area contributed by atoms with Gasteiger partial charge in [-0.1, -0.05) is 20.8 Å². The molecule has 1 rings (SSSR count). The van der Waals surface area contributed by atoms with E-state index >= 15 is 0 Å². The van der Waals surface area contributed by atoms with E-state index in [1.54, 1.807) is 11.8 Å². The van der Waals surface area contributed by atoms with Crippen molar-refractivity contribution in [3.05, 3.63) is 17.5 Å². The van der Waals surface area contributed by atoms with Crippen LogP contribution in [0.25, 0.3) is 0 Å². The minimum atomic E-state index is 0.0760. The Morgan fingerprint density at radius 1 is 1.50 bits per heavy atom. The molecule has 2 unspecified atom stereocenters. The van der Waals surface area contributed by atoms with E-state index in [2.05, 4.69) is 43.2 Å². The van der Waals surface area contributed by atoms with Gasteiger partial charge < -0.3 is 10.4 Å². The summed E-state index contributed by atoms with van der Waals surface area (Å²) < 4.78 is 0. The monoisotopic (exact) mass is 271 g/mol. The predicted octanol–water partition coefficient (Wildman–Crippen LogP) is 1.91. The van der Waals surface area contributed by atoms with Crippen molar-refractivity contribution in [3.8, 4) is 0 Å². The van der Waals surface area contributed by atoms with E-state index in [-0.39, 0.29) is 23.3 Å². The van der Waals surface area contributed by atoms with Crippen LogP contribution in [-0.4, -0.2) is 39.5 Å². The Morgan fingerprint density at radius 3 is 2.67 bits per heavy atom. The van der Waals surface area contributed by atoms with Crippen molar-refractivity contribution in [1.29, 1.82) is 0 Å². The maximum absolute atomic E-state index is 9.26. The molecule has 1 aromatic rings. The number of aliphatic hydroxyl groups excluding tert-OH is 1. The van der Waals surface area contributed by atoms with Gasteiger partial charge in [0.05, 0.1) is 12.8 Å². The lowest BCUT2D eigenvalue weighted by molar-refractivity contribution is 0.275. The first-order chi connectivity index (χ1) is 8.40. The second kappa shape index (κ2) is 6.59. The maximum Gasteiger partial charge on any atom is 0.0564 e. The van der Waals surface area contributed by atoms with Crippen molar-refractivity contribution in [3.63, 3.8) is 0 Å². The van der Waals surface area contributed by atoms with Crippen LogP contribution in [0.2, 0.25) is 0 Å². The molecule has 0 spiro atoms. The third-order valence-electron chi connectivity index (χ3n) is 3.12. The largest absolute Gasteiger partial charge is 0.395 e. The van der Waals surface area contributed by atoms with Gasteiger partial charge in [-0.05, 0) is 13.2 Å². The Labute approximate surface area is 114 Å². The van der Waals surface area contributed by atoms with Crippen LogP contribution >= 0.6 is 11.8 Å². The summed E-state index contributed by atoms with van der Waals surface area (Å²) in [4.78, 5) is 0. The number of nitrogens with zero attached hydrogens (tertiary/aromatic N) is 1. The molecule has 4 nitrogen and oxygen atoms in total. The molecule has 0 saturated heterocycles. The summed E-state index contributed by atoms with van der Waals surface area (Å²) in [5.74, 6) is 0. The second-order valence-corrected chi connectivity index (χ2v) is 6.72. The lowest BCUT2D eigenvalue weighted by Gasteiger charge is -2.23. The molecule has 0 radical (unpaired) electrons. The Bertz CT molecular complexity index is 355. The Hall–Kier alpha value is -0.520. The molecule has 0 bridgehead atoms. The number of hydrogen-bond acceptors (Lipinski definition) is 4. The van der Waals surface area contributed by atoms with E-state index in [9.17, 15) is 5.11 Å². The molecule has 1 heterocycles.